The molecule has 1 aromatic carbocycles. The second-order valence-corrected chi connectivity index (χ2v) is 4.99. The molecule has 1 rings (SSSR count). The SMILES string of the molecule is CC(C)C(Oc1cc(CBr)ccc1Cl)C(=O)O. The largest absolute Gasteiger partial charge is 0.478 e. The van der Waals surface area contributed by atoms with Crippen molar-refractivity contribution in [2.24, 2.45) is 5.92 Å². The first-order valence-corrected chi connectivity index (χ1v) is 6.69. The van der Waals surface area contributed by atoms with Crippen LogP contribution < -0.4 is 4.74 Å². The first-order valence-electron chi connectivity index (χ1n) is 5.19. The summed E-state index contributed by atoms with van der Waals surface area (Å²) in [6.45, 7) is 3.59. The van der Waals surface area contributed by atoms with E-state index in [2.05, 4.69) is 15.9 Å². The Kier molecular flexibility index (Phi) is 5.28. The number of halogens is 2. The van der Waals surface area contributed by atoms with E-state index >= 15 is 0 Å². The van der Waals surface area contributed by atoms with E-state index < -0.39 is 12.1 Å². The predicted octanol–water partition coefficient (Wildman–Crippen LogP) is 3.72. The topological polar surface area (TPSA) is 46.5 Å². The molecule has 1 unspecified atom stereocenters. The van der Waals surface area contributed by atoms with Gasteiger partial charge < -0.3 is 9.84 Å². The summed E-state index contributed by atoms with van der Waals surface area (Å²) >= 11 is 9.30. The molecule has 0 heterocycles. The molecule has 5 heteroatoms. The Morgan fingerprint density at radius 2 is 2.18 bits per heavy atom. The molecule has 94 valence electrons. The summed E-state index contributed by atoms with van der Waals surface area (Å²) in [5.41, 5.74) is 0.984. The number of aliphatic carboxylic acids is 1. The average molecular weight is 322 g/mol. The van der Waals surface area contributed by atoms with Crippen LogP contribution >= 0.6 is 27.5 Å². The molecule has 17 heavy (non-hydrogen) atoms. The third-order valence-electron chi connectivity index (χ3n) is 2.25. The summed E-state index contributed by atoms with van der Waals surface area (Å²) in [6.07, 6.45) is -0.891. The van der Waals surface area contributed by atoms with Crippen molar-refractivity contribution in [3.63, 3.8) is 0 Å². The molecule has 0 radical (unpaired) electrons. The summed E-state index contributed by atoms with van der Waals surface area (Å²) in [5.74, 6) is -0.707. The number of carboxylic acid groups (broad SMARTS) is 1. The van der Waals surface area contributed by atoms with Crippen molar-refractivity contribution in [2.45, 2.75) is 25.3 Å². The van der Waals surface area contributed by atoms with Crippen LogP contribution in [0.25, 0.3) is 0 Å². The molecular formula is C12H14BrClO3. The number of rotatable bonds is 5. The number of hydrogen-bond acceptors (Lipinski definition) is 2. The van der Waals surface area contributed by atoms with Crippen LogP contribution in [0.15, 0.2) is 18.2 Å². The lowest BCUT2D eigenvalue weighted by Crippen LogP contribution is -2.32. The predicted molar refractivity (Wildman–Crippen MR) is 71.0 cm³/mol. The van der Waals surface area contributed by atoms with Gasteiger partial charge in [-0.2, -0.15) is 0 Å². The summed E-state index contributed by atoms with van der Waals surface area (Å²) in [6, 6.07) is 5.30. The van der Waals surface area contributed by atoms with E-state index in [1.165, 1.54) is 0 Å². The molecule has 0 spiro atoms. The molecule has 0 aliphatic rings. The van der Waals surface area contributed by atoms with Crippen LogP contribution in [0.3, 0.4) is 0 Å². The zero-order chi connectivity index (χ0) is 13.0. The molecular weight excluding hydrogens is 307 g/mol. The number of carbonyl (C=O) groups is 1. The van der Waals surface area contributed by atoms with Crippen molar-refractivity contribution in [1.29, 1.82) is 0 Å². The molecule has 1 aromatic rings. The van der Waals surface area contributed by atoms with Gasteiger partial charge in [0, 0.05) is 11.2 Å². The fraction of sp³-hybridized carbons (Fsp3) is 0.417. The summed E-state index contributed by atoms with van der Waals surface area (Å²) in [7, 11) is 0. The highest BCUT2D eigenvalue weighted by Gasteiger charge is 2.24. The maximum absolute atomic E-state index is 11.0. The zero-order valence-corrected chi connectivity index (χ0v) is 12.0. The number of carboxylic acids is 1. The van der Waals surface area contributed by atoms with Crippen molar-refractivity contribution in [1.82, 2.24) is 0 Å². The molecule has 1 N–H and O–H groups in total. The minimum Gasteiger partial charge on any atom is -0.478 e. The Morgan fingerprint density at radius 1 is 1.53 bits per heavy atom. The molecule has 0 aliphatic heterocycles. The molecule has 0 aliphatic carbocycles. The van der Waals surface area contributed by atoms with Gasteiger partial charge in [0.1, 0.15) is 5.75 Å². The van der Waals surface area contributed by atoms with Gasteiger partial charge in [-0.05, 0) is 17.7 Å². The first-order chi connectivity index (χ1) is 7.95. The van der Waals surface area contributed by atoms with Crippen LogP contribution in [0.5, 0.6) is 5.75 Å². The van der Waals surface area contributed by atoms with Crippen LogP contribution in [0, 0.1) is 5.92 Å². The molecule has 0 aromatic heterocycles. The smallest absolute Gasteiger partial charge is 0.345 e. The van der Waals surface area contributed by atoms with E-state index in [1.54, 1.807) is 26.0 Å². The standard InChI is InChI=1S/C12H14BrClO3/c1-7(2)11(12(15)16)17-10-5-8(6-13)3-4-9(10)14/h3-5,7,11H,6H2,1-2H3,(H,15,16). The Balaban J connectivity index is 2.96. The van der Waals surface area contributed by atoms with Gasteiger partial charge >= 0.3 is 5.97 Å². The van der Waals surface area contributed by atoms with Crippen molar-refractivity contribution in [3.8, 4) is 5.75 Å². The average Bonchev–Trinajstić information content (AvgIpc) is 2.27. The Bertz CT molecular complexity index is 407. The van der Waals surface area contributed by atoms with E-state index in [0.717, 1.165) is 5.56 Å². The summed E-state index contributed by atoms with van der Waals surface area (Å²) in [5, 5.41) is 10.1. The third kappa shape index (κ3) is 3.89. The van der Waals surface area contributed by atoms with E-state index in [9.17, 15) is 4.79 Å². The Labute approximate surface area is 114 Å². The second kappa shape index (κ2) is 6.26. The zero-order valence-electron chi connectivity index (χ0n) is 9.61. The molecule has 0 fully saturated rings. The van der Waals surface area contributed by atoms with Gasteiger partial charge in [-0.25, -0.2) is 4.79 Å². The fourth-order valence-corrected chi connectivity index (χ4v) is 1.84. The van der Waals surface area contributed by atoms with Crippen molar-refractivity contribution in [3.05, 3.63) is 28.8 Å². The normalized spacial score (nSPS) is 12.5. The van der Waals surface area contributed by atoms with Crippen LogP contribution in [-0.4, -0.2) is 17.2 Å². The van der Waals surface area contributed by atoms with Crippen LogP contribution in [0.1, 0.15) is 19.4 Å². The van der Waals surface area contributed by atoms with E-state index in [1.807, 2.05) is 6.07 Å². The minimum absolute atomic E-state index is 0.129. The van der Waals surface area contributed by atoms with Gasteiger partial charge in [0.15, 0.2) is 6.10 Å². The summed E-state index contributed by atoms with van der Waals surface area (Å²) in [4.78, 5) is 11.0. The van der Waals surface area contributed by atoms with E-state index in [-0.39, 0.29) is 5.92 Å². The van der Waals surface area contributed by atoms with Gasteiger partial charge in [0.05, 0.1) is 5.02 Å². The van der Waals surface area contributed by atoms with Crippen LogP contribution in [0.2, 0.25) is 5.02 Å². The monoisotopic (exact) mass is 320 g/mol. The Morgan fingerprint density at radius 3 is 2.65 bits per heavy atom. The summed E-state index contributed by atoms with van der Waals surface area (Å²) < 4.78 is 5.46. The van der Waals surface area contributed by atoms with E-state index in [0.29, 0.717) is 16.1 Å². The number of alkyl halides is 1. The first kappa shape index (κ1) is 14.3. The van der Waals surface area contributed by atoms with Gasteiger partial charge in [0.25, 0.3) is 0 Å². The van der Waals surface area contributed by atoms with Crippen molar-refractivity contribution >= 4 is 33.5 Å². The van der Waals surface area contributed by atoms with Gasteiger partial charge in [-0.15, -0.1) is 0 Å². The lowest BCUT2D eigenvalue weighted by atomic mass is 10.1. The molecule has 0 saturated carbocycles. The van der Waals surface area contributed by atoms with Gasteiger partial charge in [-0.1, -0.05) is 47.4 Å². The molecule has 3 nitrogen and oxygen atoms in total. The fourth-order valence-electron chi connectivity index (χ4n) is 1.33. The van der Waals surface area contributed by atoms with Crippen molar-refractivity contribution < 1.29 is 14.6 Å². The number of hydrogen-bond donors (Lipinski definition) is 1. The highest BCUT2D eigenvalue weighted by molar-refractivity contribution is 9.08. The third-order valence-corrected chi connectivity index (χ3v) is 3.21. The maximum atomic E-state index is 11.0. The molecule has 0 bridgehead atoms. The number of ether oxygens (including phenoxy) is 1. The highest BCUT2D eigenvalue weighted by Crippen LogP contribution is 2.28. The molecule has 0 saturated heterocycles. The quantitative estimate of drug-likeness (QED) is 0.841. The lowest BCUT2D eigenvalue weighted by molar-refractivity contribution is -0.147. The van der Waals surface area contributed by atoms with Crippen LogP contribution in [-0.2, 0) is 10.1 Å². The van der Waals surface area contributed by atoms with Gasteiger partial charge in [0.2, 0.25) is 0 Å². The second-order valence-electron chi connectivity index (χ2n) is 4.02. The molecule has 1 atom stereocenters. The number of benzene rings is 1. The minimum atomic E-state index is -0.986. The van der Waals surface area contributed by atoms with Crippen LogP contribution in [0.4, 0.5) is 0 Å². The Hall–Kier alpha value is -0.740. The maximum Gasteiger partial charge on any atom is 0.345 e. The lowest BCUT2D eigenvalue weighted by Gasteiger charge is -2.19. The van der Waals surface area contributed by atoms with Crippen molar-refractivity contribution in [2.75, 3.05) is 0 Å². The highest BCUT2D eigenvalue weighted by atomic mass is 79.9. The van der Waals surface area contributed by atoms with E-state index in [4.69, 9.17) is 21.4 Å². The van der Waals surface area contributed by atoms with Gasteiger partial charge in [-0.3, -0.25) is 0 Å². The molecule has 0 amide bonds.